The molecule has 4 heterocycles. The molecule has 2 amide bonds. The minimum atomic E-state index is -4.43. The van der Waals surface area contributed by atoms with Crippen molar-refractivity contribution in [3.63, 3.8) is 0 Å². The van der Waals surface area contributed by atoms with Crippen LogP contribution in [0.25, 0.3) is 11.3 Å². The molecular formula is C24H25F3N6O2. The summed E-state index contributed by atoms with van der Waals surface area (Å²) in [5.74, 6) is -0.550. The maximum atomic E-state index is 13.4. The van der Waals surface area contributed by atoms with Gasteiger partial charge in [0.05, 0.1) is 45.6 Å². The summed E-state index contributed by atoms with van der Waals surface area (Å²) >= 11 is 0. The third-order valence-corrected chi connectivity index (χ3v) is 6.01. The smallest absolute Gasteiger partial charge is 0.345 e. The number of rotatable bonds is 4. The van der Waals surface area contributed by atoms with Crippen LogP contribution in [0.2, 0.25) is 0 Å². The zero-order valence-corrected chi connectivity index (χ0v) is 20.2. The molecule has 8 nitrogen and oxygen atoms in total. The van der Waals surface area contributed by atoms with Crippen LogP contribution in [-0.4, -0.2) is 56.7 Å². The van der Waals surface area contributed by atoms with Crippen LogP contribution in [0.15, 0.2) is 30.7 Å². The first kappa shape index (κ1) is 24.4. The van der Waals surface area contributed by atoms with Crippen LogP contribution in [0.4, 0.5) is 18.9 Å². The van der Waals surface area contributed by atoms with E-state index in [0.717, 1.165) is 4.68 Å². The van der Waals surface area contributed by atoms with Crippen LogP contribution in [0, 0.1) is 13.8 Å². The first-order valence-electron chi connectivity index (χ1n) is 10.8. The van der Waals surface area contributed by atoms with Gasteiger partial charge in [0.1, 0.15) is 6.54 Å². The number of alkyl halides is 3. The number of hydrogen-bond donors (Lipinski definition) is 0. The van der Waals surface area contributed by atoms with E-state index in [2.05, 4.69) is 10.1 Å². The van der Waals surface area contributed by atoms with Crippen molar-refractivity contribution >= 4 is 17.5 Å². The lowest BCUT2D eigenvalue weighted by Gasteiger charge is -2.30. The van der Waals surface area contributed by atoms with Crippen LogP contribution in [0.1, 0.15) is 51.5 Å². The lowest BCUT2D eigenvalue weighted by molar-refractivity contribution is -0.142. The SMILES string of the molecule is Cc1cc(-c2cnc(C)c(C(=O)N(C)C)c2)nc2c1C(=O)N(c1cnn(CC(F)(F)F)c1)C2(C)C. The molecule has 0 radical (unpaired) electrons. The van der Waals surface area contributed by atoms with Crippen molar-refractivity contribution in [1.82, 2.24) is 24.6 Å². The summed E-state index contributed by atoms with van der Waals surface area (Å²) < 4.78 is 39.2. The average molecular weight is 486 g/mol. The minimum Gasteiger partial charge on any atom is -0.345 e. The van der Waals surface area contributed by atoms with E-state index in [0.29, 0.717) is 39.3 Å². The molecule has 3 aromatic heterocycles. The fourth-order valence-electron chi connectivity index (χ4n) is 4.31. The largest absolute Gasteiger partial charge is 0.408 e. The Bertz CT molecular complexity index is 1340. The van der Waals surface area contributed by atoms with Crippen LogP contribution < -0.4 is 4.90 Å². The number of pyridine rings is 2. The molecule has 0 fully saturated rings. The first-order valence-corrected chi connectivity index (χ1v) is 10.8. The van der Waals surface area contributed by atoms with Crippen molar-refractivity contribution in [3.05, 3.63) is 58.8 Å². The van der Waals surface area contributed by atoms with E-state index in [1.807, 2.05) is 0 Å². The summed E-state index contributed by atoms with van der Waals surface area (Å²) in [7, 11) is 3.32. The Morgan fingerprint density at radius 2 is 1.83 bits per heavy atom. The lowest BCUT2D eigenvalue weighted by atomic mass is 9.95. The van der Waals surface area contributed by atoms with E-state index in [9.17, 15) is 22.8 Å². The van der Waals surface area contributed by atoms with Crippen molar-refractivity contribution in [1.29, 1.82) is 0 Å². The molecule has 0 saturated heterocycles. The van der Waals surface area contributed by atoms with Gasteiger partial charge in [0.15, 0.2) is 0 Å². The number of nitrogens with zero attached hydrogens (tertiary/aromatic N) is 6. The Labute approximate surface area is 200 Å². The summed E-state index contributed by atoms with van der Waals surface area (Å²) in [5.41, 5.74) is 3.02. The molecule has 0 spiro atoms. The number of aryl methyl sites for hydroxylation is 2. The highest BCUT2D eigenvalue weighted by Crippen LogP contribution is 2.43. The van der Waals surface area contributed by atoms with E-state index in [1.54, 1.807) is 60.1 Å². The van der Waals surface area contributed by atoms with Gasteiger partial charge in [-0.2, -0.15) is 18.3 Å². The number of hydrogen-bond acceptors (Lipinski definition) is 5. The molecule has 4 rings (SSSR count). The quantitative estimate of drug-likeness (QED) is 0.554. The summed E-state index contributed by atoms with van der Waals surface area (Å²) in [5, 5.41) is 3.78. The topological polar surface area (TPSA) is 84.2 Å². The second-order valence-electron chi connectivity index (χ2n) is 9.32. The standard InChI is InChI=1S/C24H25F3N6O2/c1-13-7-18(15-8-17(14(2)28-9-15)21(34)31(5)6)30-20-19(13)22(35)33(23(20,3)4)16-10-29-32(11-16)12-24(25,26)27/h7-11H,12H2,1-6H3. The second-order valence-corrected chi connectivity index (χ2v) is 9.32. The molecule has 0 atom stereocenters. The molecule has 3 aromatic rings. The predicted octanol–water partition coefficient (Wildman–Crippen LogP) is 4.12. The zero-order valence-electron chi connectivity index (χ0n) is 20.2. The number of carbonyl (C=O) groups is 2. The van der Waals surface area contributed by atoms with E-state index in [-0.39, 0.29) is 17.5 Å². The summed E-state index contributed by atoms with van der Waals surface area (Å²) in [4.78, 5) is 38.0. The Morgan fingerprint density at radius 3 is 2.46 bits per heavy atom. The van der Waals surface area contributed by atoms with Gasteiger partial charge in [-0.15, -0.1) is 0 Å². The normalized spacial score (nSPS) is 14.9. The van der Waals surface area contributed by atoms with Gasteiger partial charge in [0.2, 0.25) is 0 Å². The molecule has 0 N–H and O–H groups in total. The molecule has 1 aliphatic rings. The Kier molecular flexibility index (Phi) is 5.69. The van der Waals surface area contributed by atoms with Crippen molar-refractivity contribution in [2.45, 2.75) is 46.0 Å². The van der Waals surface area contributed by atoms with Gasteiger partial charge in [-0.1, -0.05) is 0 Å². The molecule has 0 aromatic carbocycles. The molecule has 11 heteroatoms. The average Bonchev–Trinajstić information content (AvgIpc) is 3.25. The van der Waals surface area contributed by atoms with Crippen LogP contribution in [-0.2, 0) is 12.1 Å². The molecule has 184 valence electrons. The number of carbonyl (C=O) groups excluding carboxylic acids is 2. The highest BCUT2D eigenvalue weighted by molar-refractivity contribution is 6.12. The Hall–Kier alpha value is -3.76. The molecule has 0 bridgehead atoms. The molecule has 35 heavy (non-hydrogen) atoms. The van der Waals surface area contributed by atoms with Gasteiger partial charge < -0.3 is 4.90 Å². The molecule has 0 saturated carbocycles. The van der Waals surface area contributed by atoms with Crippen molar-refractivity contribution in [2.75, 3.05) is 19.0 Å². The highest BCUT2D eigenvalue weighted by Gasteiger charge is 2.47. The fourth-order valence-corrected chi connectivity index (χ4v) is 4.31. The van der Waals surface area contributed by atoms with Crippen LogP contribution in [0.3, 0.4) is 0 Å². The lowest BCUT2D eigenvalue weighted by Crippen LogP contribution is -2.39. The van der Waals surface area contributed by atoms with E-state index < -0.39 is 18.3 Å². The van der Waals surface area contributed by atoms with Gasteiger partial charge in [-0.3, -0.25) is 24.2 Å². The Morgan fingerprint density at radius 1 is 1.14 bits per heavy atom. The van der Waals surface area contributed by atoms with Crippen LogP contribution >= 0.6 is 0 Å². The molecule has 0 unspecified atom stereocenters. The molecule has 0 aliphatic carbocycles. The van der Waals surface area contributed by atoms with Gasteiger partial charge in [-0.05, 0) is 45.4 Å². The van der Waals surface area contributed by atoms with E-state index in [4.69, 9.17) is 4.98 Å². The molecule has 1 aliphatic heterocycles. The highest BCUT2D eigenvalue weighted by atomic mass is 19.4. The number of anilines is 1. The maximum absolute atomic E-state index is 13.4. The number of amides is 2. The first-order chi connectivity index (χ1) is 16.2. The van der Waals surface area contributed by atoms with Gasteiger partial charge in [0, 0.05) is 32.1 Å². The minimum absolute atomic E-state index is 0.188. The number of halogens is 3. The summed E-state index contributed by atoms with van der Waals surface area (Å²) in [6.45, 7) is 5.84. The third-order valence-electron chi connectivity index (χ3n) is 6.01. The Balaban J connectivity index is 1.78. The number of aromatic nitrogens is 4. The van der Waals surface area contributed by atoms with E-state index in [1.165, 1.54) is 22.2 Å². The van der Waals surface area contributed by atoms with Gasteiger partial charge in [0.25, 0.3) is 11.8 Å². The van der Waals surface area contributed by atoms with Crippen LogP contribution in [0.5, 0.6) is 0 Å². The number of fused-ring (bicyclic) bond motifs is 1. The van der Waals surface area contributed by atoms with Gasteiger partial charge in [-0.25, -0.2) is 4.98 Å². The van der Waals surface area contributed by atoms with Crippen molar-refractivity contribution < 1.29 is 22.8 Å². The zero-order chi connectivity index (χ0) is 25.9. The van der Waals surface area contributed by atoms with Crippen molar-refractivity contribution in [3.8, 4) is 11.3 Å². The predicted molar refractivity (Wildman–Crippen MR) is 123 cm³/mol. The third kappa shape index (κ3) is 4.26. The molecular weight excluding hydrogens is 461 g/mol. The second kappa shape index (κ2) is 8.17. The maximum Gasteiger partial charge on any atom is 0.408 e. The summed E-state index contributed by atoms with van der Waals surface area (Å²) in [6.07, 6.45) is -0.355. The van der Waals surface area contributed by atoms with E-state index >= 15 is 0 Å². The monoisotopic (exact) mass is 486 g/mol. The van der Waals surface area contributed by atoms with Gasteiger partial charge >= 0.3 is 6.18 Å². The summed E-state index contributed by atoms with van der Waals surface area (Å²) in [6, 6.07) is 3.47. The van der Waals surface area contributed by atoms with Crippen molar-refractivity contribution in [2.24, 2.45) is 0 Å². The fraction of sp³-hybridized carbons (Fsp3) is 0.375.